The van der Waals surface area contributed by atoms with E-state index in [0.29, 0.717) is 18.1 Å². The average Bonchev–Trinajstić information content (AvgIpc) is 2.90. The summed E-state index contributed by atoms with van der Waals surface area (Å²) in [5.41, 5.74) is 0.0777. The molecule has 1 aliphatic rings. The van der Waals surface area contributed by atoms with Gasteiger partial charge in [0.15, 0.2) is 0 Å². The van der Waals surface area contributed by atoms with Gasteiger partial charge in [-0.25, -0.2) is 4.98 Å². The molecule has 0 bridgehead atoms. The third-order valence-corrected chi connectivity index (χ3v) is 3.35. The summed E-state index contributed by atoms with van der Waals surface area (Å²) < 4.78 is 5.64. The molecule has 6 nitrogen and oxygen atoms in total. The van der Waals surface area contributed by atoms with Crippen LogP contribution in [-0.2, 0) is 4.74 Å². The van der Waals surface area contributed by atoms with Crippen LogP contribution in [0, 0.1) is 0 Å². The lowest BCUT2D eigenvalue weighted by molar-refractivity contribution is 0.0205. The molecular weight excluding hydrogens is 256 g/mol. The Morgan fingerprint density at radius 2 is 2.35 bits per heavy atom. The van der Waals surface area contributed by atoms with Gasteiger partial charge in [0.05, 0.1) is 18.0 Å². The Kier molecular flexibility index (Phi) is 4.89. The van der Waals surface area contributed by atoms with Gasteiger partial charge in [0.1, 0.15) is 11.5 Å². The lowest BCUT2D eigenvalue weighted by Gasteiger charge is -2.23. The van der Waals surface area contributed by atoms with Gasteiger partial charge in [0.2, 0.25) is 0 Å². The van der Waals surface area contributed by atoms with Gasteiger partial charge in [-0.05, 0) is 26.2 Å². The third-order valence-electron chi connectivity index (χ3n) is 3.35. The molecule has 1 unspecified atom stereocenters. The molecule has 6 heteroatoms. The van der Waals surface area contributed by atoms with Gasteiger partial charge < -0.3 is 15.4 Å². The quantitative estimate of drug-likeness (QED) is 0.826. The number of carbonyl (C=O) groups excluding carboxylic acids is 1. The molecule has 1 fully saturated rings. The molecule has 0 spiro atoms. The van der Waals surface area contributed by atoms with Crippen molar-refractivity contribution in [3.8, 4) is 0 Å². The van der Waals surface area contributed by atoms with E-state index in [0.717, 1.165) is 32.4 Å². The molecule has 20 heavy (non-hydrogen) atoms. The number of ether oxygens (including phenoxy) is 1. The summed E-state index contributed by atoms with van der Waals surface area (Å²) in [6.45, 7) is 6.17. The highest BCUT2D eigenvalue weighted by molar-refractivity contribution is 5.92. The summed E-state index contributed by atoms with van der Waals surface area (Å²) in [5.74, 6) is 0.414. The van der Waals surface area contributed by atoms with Crippen LogP contribution >= 0.6 is 0 Å². The second-order valence-electron chi connectivity index (χ2n) is 5.30. The van der Waals surface area contributed by atoms with Crippen molar-refractivity contribution in [2.75, 3.05) is 25.0 Å². The van der Waals surface area contributed by atoms with Crippen LogP contribution in [0.4, 0.5) is 5.82 Å². The number of hydrogen-bond donors (Lipinski definition) is 2. The Balaban J connectivity index is 1.91. The summed E-state index contributed by atoms with van der Waals surface area (Å²) in [4.78, 5) is 20.4. The summed E-state index contributed by atoms with van der Waals surface area (Å²) in [7, 11) is 0. The Hall–Kier alpha value is -1.69. The minimum absolute atomic E-state index is 0.214. The Morgan fingerprint density at radius 3 is 3.05 bits per heavy atom. The number of amides is 1. The van der Waals surface area contributed by atoms with E-state index in [-0.39, 0.29) is 11.5 Å². The normalized spacial score (nSPS) is 21.7. The van der Waals surface area contributed by atoms with Crippen molar-refractivity contribution < 1.29 is 9.53 Å². The standard InChI is InChI=1S/C14H22N4O2/c1-3-6-16-12-9-15-8-11(18-12)13(19)17-10-14(2)5-4-7-20-14/h8-9H,3-7,10H2,1-2H3,(H,16,18)(H,17,19). The number of rotatable bonds is 6. The van der Waals surface area contributed by atoms with E-state index >= 15 is 0 Å². The van der Waals surface area contributed by atoms with E-state index in [1.165, 1.54) is 6.20 Å². The molecule has 0 saturated carbocycles. The summed E-state index contributed by atoms with van der Waals surface area (Å²) in [6, 6.07) is 0. The van der Waals surface area contributed by atoms with E-state index in [4.69, 9.17) is 4.74 Å². The Bertz CT molecular complexity index is 458. The maximum atomic E-state index is 12.1. The van der Waals surface area contributed by atoms with Crippen LogP contribution in [0.1, 0.15) is 43.6 Å². The molecule has 2 rings (SSSR count). The second-order valence-corrected chi connectivity index (χ2v) is 5.30. The van der Waals surface area contributed by atoms with Crippen molar-refractivity contribution in [2.45, 2.75) is 38.7 Å². The van der Waals surface area contributed by atoms with Crippen molar-refractivity contribution >= 4 is 11.7 Å². The third kappa shape index (κ3) is 3.90. The minimum atomic E-state index is -0.249. The fraction of sp³-hybridized carbons (Fsp3) is 0.643. The predicted octanol–water partition coefficient (Wildman–Crippen LogP) is 1.60. The Morgan fingerprint density at radius 1 is 1.50 bits per heavy atom. The molecule has 1 amide bonds. The topological polar surface area (TPSA) is 76.1 Å². The monoisotopic (exact) mass is 278 g/mol. The molecule has 1 aliphatic heterocycles. The molecule has 0 aliphatic carbocycles. The van der Waals surface area contributed by atoms with Crippen molar-refractivity contribution in [3.05, 3.63) is 18.1 Å². The summed E-state index contributed by atoms with van der Waals surface area (Å²) in [5, 5.41) is 5.99. The molecule has 2 N–H and O–H groups in total. The zero-order chi connectivity index (χ0) is 14.4. The van der Waals surface area contributed by atoms with Crippen LogP contribution in [0.2, 0.25) is 0 Å². The number of nitrogens with zero attached hydrogens (tertiary/aromatic N) is 2. The summed E-state index contributed by atoms with van der Waals surface area (Å²) in [6.07, 6.45) is 6.10. The molecule has 1 saturated heterocycles. The smallest absolute Gasteiger partial charge is 0.271 e. The summed E-state index contributed by atoms with van der Waals surface area (Å²) >= 11 is 0. The average molecular weight is 278 g/mol. The second kappa shape index (κ2) is 6.65. The number of carbonyl (C=O) groups is 1. The number of anilines is 1. The van der Waals surface area contributed by atoms with Gasteiger partial charge in [0, 0.05) is 19.7 Å². The van der Waals surface area contributed by atoms with E-state index in [1.807, 2.05) is 6.92 Å². The van der Waals surface area contributed by atoms with Crippen molar-refractivity contribution in [2.24, 2.45) is 0 Å². The highest BCUT2D eigenvalue weighted by atomic mass is 16.5. The van der Waals surface area contributed by atoms with E-state index in [9.17, 15) is 4.79 Å². The largest absolute Gasteiger partial charge is 0.373 e. The van der Waals surface area contributed by atoms with Crippen LogP contribution in [0.15, 0.2) is 12.4 Å². The molecule has 1 atom stereocenters. The molecule has 110 valence electrons. The van der Waals surface area contributed by atoms with E-state index in [2.05, 4.69) is 27.5 Å². The van der Waals surface area contributed by atoms with E-state index in [1.54, 1.807) is 6.20 Å². The van der Waals surface area contributed by atoms with Crippen LogP contribution in [0.5, 0.6) is 0 Å². The van der Waals surface area contributed by atoms with Gasteiger partial charge in [-0.1, -0.05) is 6.92 Å². The van der Waals surface area contributed by atoms with E-state index < -0.39 is 0 Å². The zero-order valence-electron chi connectivity index (χ0n) is 12.1. The van der Waals surface area contributed by atoms with Crippen LogP contribution in [-0.4, -0.2) is 41.2 Å². The first kappa shape index (κ1) is 14.7. The maximum absolute atomic E-state index is 12.1. The molecule has 0 radical (unpaired) electrons. The predicted molar refractivity (Wildman–Crippen MR) is 76.7 cm³/mol. The lowest BCUT2D eigenvalue weighted by atomic mass is 10.0. The molecular formula is C14H22N4O2. The lowest BCUT2D eigenvalue weighted by Crippen LogP contribution is -2.40. The highest BCUT2D eigenvalue weighted by Crippen LogP contribution is 2.23. The van der Waals surface area contributed by atoms with Crippen molar-refractivity contribution in [1.82, 2.24) is 15.3 Å². The molecule has 0 aromatic carbocycles. The number of aromatic nitrogens is 2. The minimum Gasteiger partial charge on any atom is -0.373 e. The SMILES string of the molecule is CCCNc1cncc(C(=O)NCC2(C)CCCO2)n1. The molecule has 1 aromatic heterocycles. The van der Waals surface area contributed by atoms with Crippen LogP contribution in [0.25, 0.3) is 0 Å². The van der Waals surface area contributed by atoms with Crippen molar-refractivity contribution in [1.29, 1.82) is 0 Å². The van der Waals surface area contributed by atoms with Gasteiger partial charge in [-0.3, -0.25) is 9.78 Å². The first-order chi connectivity index (χ1) is 9.63. The fourth-order valence-electron chi connectivity index (χ4n) is 2.15. The fourth-order valence-corrected chi connectivity index (χ4v) is 2.15. The Labute approximate surface area is 119 Å². The van der Waals surface area contributed by atoms with Crippen molar-refractivity contribution in [3.63, 3.8) is 0 Å². The number of hydrogen-bond acceptors (Lipinski definition) is 5. The molecule has 2 heterocycles. The zero-order valence-corrected chi connectivity index (χ0v) is 12.1. The highest BCUT2D eigenvalue weighted by Gasteiger charge is 2.30. The number of nitrogens with one attached hydrogen (secondary N) is 2. The van der Waals surface area contributed by atoms with Gasteiger partial charge >= 0.3 is 0 Å². The van der Waals surface area contributed by atoms with Gasteiger partial charge in [-0.2, -0.15) is 0 Å². The van der Waals surface area contributed by atoms with Crippen LogP contribution < -0.4 is 10.6 Å². The first-order valence-corrected chi connectivity index (χ1v) is 7.11. The van der Waals surface area contributed by atoms with Gasteiger partial charge in [-0.15, -0.1) is 0 Å². The first-order valence-electron chi connectivity index (χ1n) is 7.11. The maximum Gasteiger partial charge on any atom is 0.271 e. The van der Waals surface area contributed by atoms with Gasteiger partial charge in [0.25, 0.3) is 5.91 Å². The molecule has 1 aromatic rings. The van der Waals surface area contributed by atoms with Crippen LogP contribution in [0.3, 0.4) is 0 Å².